The minimum absolute atomic E-state index is 0.0412. The summed E-state index contributed by atoms with van der Waals surface area (Å²) in [7, 11) is 0. The Morgan fingerprint density at radius 2 is 1.12 bits per heavy atom. The van der Waals surface area contributed by atoms with E-state index in [-0.39, 0.29) is 24.1 Å². The van der Waals surface area contributed by atoms with Crippen LogP contribution in [0.5, 0.6) is 0 Å². The number of hydrogen-bond donors (Lipinski definition) is 0. The Balaban J connectivity index is 0. The Morgan fingerprint density at radius 1 is 0.875 bits per heavy atom. The monoisotopic (exact) mass is 228 g/mol. The number of ether oxygens (including phenoxy) is 2. The number of esters is 2. The lowest BCUT2D eigenvalue weighted by molar-refractivity contribution is -0.142. The SMILES string of the molecule is C=CC(=O)OC(C)C.C=CC(=O)OC(C)C. The first-order valence-corrected chi connectivity index (χ1v) is 4.99. The van der Waals surface area contributed by atoms with Crippen molar-refractivity contribution >= 4 is 11.9 Å². The molecule has 0 aliphatic rings. The molecule has 0 unspecified atom stereocenters. The predicted molar refractivity (Wildman–Crippen MR) is 62.9 cm³/mol. The van der Waals surface area contributed by atoms with Gasteiger partial charge in [0.05, 0.1) is 12.2 Å². The standard InChI is InChI=1S/2C6H10O2/c2*1-4-6(7)8-5(2)3/h2*4-5H,1H2,2-3H3. The number of hydrogen-bond acceptors (Lipinski definition) is 4. The Labute approximate surface area is 96.9 Å². The van der Waals surface area contributed by atoms with Crippen LogP contribution in [0, 0.1) is 0 Å². The van der Waals surface area contributed by atoms with Crippen LogP contribution in [-0.4, -0.2) is 24.1 Å². The van der Waals surface area contributed by atoms with E-state index in [9.17, 15) is 9.59 Å². The third kappa shape index (κ3) is 14.9. The molecule has 0 aliphatic heterocycles. The molecule has 0 atom stereocenters. The van der Waals surface area contributed by atoms with Gasteiger partial charge in [-0.2, -0.15) is 0 Å². The molecule has 4 nitrogen and oxygen atoms in total. The van der Waals surface area contributed by atoms with Gasteiger partial charge >= 0.3 is 11.9 Å². The van der Waals surface area contributed by atoms with Gasteiger partial charge in [-0.25, -0.2) is 9.59 Å². The highest BCUT2D eigenvalue weighted by Crippen LogP contribution is 1.88. The Kier molecular flexibility index (Phi) is 10.5. The average molecular weight is 228 g/mol. The smallest absolute Gasteiger partial charge is 0.330 e. The molecule has 0 heterocycles. The van der Waals surface area contributed by atoms with E-state index in [1.54, 1.807) is 27.7 Å². The molecule has 0 fully saturated rings. The van der Waals surface area contributed by atoms with Crippen molar-refractivity contribution in [3.8, 4) is 0 Å². The summed E-state index contributed by atoms with van der Waals surface area (Å²) in [5.74, 6) is -0.722. The maximum Gasteiger partial charge on any atom is 0.330 e. The molecule has 92 valence electrons. The molecule has 0 amide bonds. The molecule has 0 bridgehead atoms. The van der Waals surface area contributed by atoms with E-state index in [0.29, 0.717) is 0 Å². The van der Waals surface area contributed by atoms with Crippen molar-refractivity contribution in [3.05, 3.63) is 25.3 Å². The van der Waals surface area contributed by atoms with Crippen LogP contribution in [0.4, 0.5) is 0 Å². The quantitative estimate of drug-likeness (QED) is 0.547. The van der Waals surface area contributed by atoms with Crippen molar-refractivity contribution in [2.75, 3.05) is 0 Å². The largest absolute Gasteiger partial charge is 0.460 e. The minimum atomic E-state index is -0.361. The van der Waals surface area contributed by atoms with E-state index >= 15 is 0 Å². The fourth-order valence-electron chi connectivity index (χ4n) is 0.561. The highest BCUT2D eigenvalue weighted by atomic mass is 16.5. The van der Waals surface area contributed by atoms with Crippen LogP contribution in [0.2, 0.25) is 0 Å². The molecule has 0 spiro atoms. The minimum Gasteiger partial charge on any atom is -0.460 e. The van der Waals surface area contributed by atoms with Crippen molar-refractivity contribution in [2.45, 2.75) is 39.9 Å². The van der Waals surface area contributed by atoms with Crippen molar-refractivity contribution in [2.24, 2.45) is 0 Å². The second kappa shape index (κ2) is 9.96. The molecule has 0 aromatic carbocycles. The zero-order chi connectivity index (χ0) is 13.1. The Hall–Kier alpha value is -1.58. The molecule has 0 saturated heterocycles. The van der Waals surface area contributed by atoms with Gasteiger partial charge in [0.2, 0.25) is 0 Å². The highest BCUT2D eigenvalue weighted by Gasteiger charge is 1.97. The molecule has 0 saturated carbocycles. The van der Waals surface area contributed by atoms with Crippen LogP contribution >= 0.6 is 0 Å². The first-order valence-electron chi connectivity index (χ1n) is 4.99. The van der Waals surface area contributed by atoms with E-state index in [2.05, 4.69) is 22.6 Å². The van der Waals surface area contributed by atoms with Crippen LogP contribution in [0.3, 0.4) is 0 Å². The number of carbonyl (C=O) groups is 2. The summed E-state index contributed by atoms with van der Waals surface area (Å²) in [5, 5.41) is 0. The van der Waals surface area contributed by atoms with E-state index in [1.165, 1.54) is 0 Å². The van der Waals surface area contributed by atoms with Crippen LogP contribution in [0.25, 0.3) is 0 Å². The zero-order valence-corrected chi connectivity index (χ0v) is 10.4. The fourth-order valence-corrected chi connectivity index (χ4v) is 0.561. The summed E-state index contributed by atoms with van der Waals surface area (Å²) < 4.78 is 9.28. The van der Waals surface area contributed by atoms with Crippen molar-refractivity contribution in [1.82, 2.24) is 0 Å². The summed E-state index contributed by atoms with van der Waals surface area (Å²) in [5.41, 5.74) is 0. The van der Waals surface area contributed by atoms with E-state index in [1.807, 2.05) is 0 Å². The fraction of sp³-hybridized carbons (Fsp3) is 0.500. The van der Waals surface area contributed by atoms with E-state index in [4.69, 9.17) is 0 Å². The van der Waals surface area contributed by atoms with Crippen molar-refractivity contribution in [1.29, 1.82) is 0 Å². The molecule has 0 rings (SSSR count). The third-order valence-corrected chi connectivity index (χ3v) is 1.04. The van der Waals surface area contributed by atoms with Crippen LogP contribution in [0.1, 0.15) is 27.7 Å². The second-order valence-corrected chi connectivity index (χ2v) is 3.38. The molecule has 0 aliphatic carbocycles. The average Bonchev–Trinajstić information content (AvgIpc) is 2.16. The molecule has 0 aromatic heterocycles. The number of rotatable bonds is 4. The molecule has 0 radical (unpaired) electrons. The van der Waals surface area contributed by atoms with Crippen LogP contribution in [-0.2, 0) is 19.1 Å². The van der Waals surface area contributed by atoms with Gasteiger partial charge in [0.25, 0.3) is 0 Å². The van der Waals surface area contributed by atoms with Gasteiger partial charge in [0.15, 0.2) is 0 Å². The first kappa shape index (κ1) is 16.8. The van der Waals surface area contributed by atoms with Crippen molar-refractivity contribution in [3.63, 3.8) is 0 Å². The van der Waals surface area contributed by atoms with Crippen molar-refractivity contribution < 1.29 is 19.1 Å². The summed E-state index contributed by atoms with van der Waals surface area (Å²) in [6.45, 7) is 13.7. The van der Waals surface area contributed by atoms with Gasteiger partial charge in [0, 0.05) is 12.2 Å². The van der Waals surface area contributed by atoms with Gasteiger partial charge in [-0.15, -0.1) is 0 Å². The van der Waals surface area contributed by atoms with Crippen LogP contribution < -0.4 is 0 Å². The first-order chi connectivity index (χ1) is 7.33. The summed E-state index contributed by atoms with van der Waals surface area (Å²) in [6, 6.07) is 0. The molecule has 0 N–H and O–H groups in total. The van der Waals surface area contributed by atoms with Crippen LogP contribution in [0.15, 0.2) is 25.3 Å². The van der Waals surface area contributed by atoms with E-state index in [0.717, 1.165) is 12.2 Å². The Bertz CT molecular complexity index is 215. The normalized spacial score (nSPS) is 8.88. The predicted octanol–water partition coefficient (Wildman–Crippen LogP) is 2.25. The van der Waals surface area contributed by atoms with Gasteiger partial charge in [0.1, 0.15) is 0 Å². The summed E-state index contributed by atoms with van der Waals surface area (Å²) in [6.07, 6.45) is 2.22. The maximum absolute atomic E-state index is 10.3. The van der Waals surface area contributed by atoms with Gasteiger partial charge in [-0.05, 0) is 27.7 Å². The van der Waals surface area contributed by atoms with Gasteiger partial charge in [-0.3, -0.25) is 0 Å². The number of carbonyl (C=O) groups excluding carboxylic acids is 2. The molecule has 4 heteroatoms. The highest BCUT2D eigenvalue weighted by molar-refractivity contribution is 5.81. The summed E-state index contributed by atoms with van der Waals surface area (Å²) >= 11 is 0. The van der Waals surface area contributed by atoms with Gasteiger partial charge < -0.3 is 9.47 Å². The maximum atomic E-state index is 10.3. The second-order valence-electron chi connectivity index (χ2n) is 3.38. The topological polar surface area (TPSA) is 52.6 Å². The molecular formula is C12H20O4. The lowest BCUT2D eigenvalue weighted by Crippen LogP contribution is -2.07. The molecule has 16 heavy (non-hydrogen) atoms. The summed E-state index contributed by atoms with van der Waals surface area (Å²) in [4.78, 5) is 20.6. The molecular weight excluding hydrogens is 208 g/mol. The van der Waals surface area contributed by atoms with Gasteiger partial charge in [-0.1, -0.05) is 13.2 Å². The van der Waals surface area contributed by atoms with E-state index < -0.39 is 0 Å². The zero-order valence-electron chi connectivity index (χ0n) is 10.4. The Morgan fingerprint density at radius 3 is 1.19 bits per heavy atom. The lowest BCUT2D eigenvalue weighted by atomic mass is 10.5. The lowest BCUT2D eigenvalue weighted by Gasteiger charge is -2.02. The molecule has 0 aromatic rings. The third-order valence-electron chi connectivity index (χ3n) is 1.04.